The Morgan fingerprint density at radius 1 is 0.764 bits per heavy atom. The Bertz CT molecular complexity index is 1770. The predicted octanol–water partition coefficient (Wildman–Crippen LogP) is 0.248. The summed E-state index contributed by atoms with van der Waals surface area (Å²) in [6.07, 6.45) is -17.9. The molecule has 0 N–H and O–H groups in total. The smallest absolute Gasteiger partial charge is 0.220 e. The second kappa shape index (κ2) is 19.3. The molecule has 26 heteroatoms. The van der Waals surface area contributed by atoms with Gasteiger partial charge in [-0.1, -0.05) is 61.3 Å². The molecule has 4 rings (SSSR count). The Labute approximate surface area is 315 Å². The molecule has 0 radical (unpaired) electrons. The minimum absolute atomic E-state index is 0.0709. The molecule has 1 aromatic rings. The van der Waals surface area contributed by atoms with Gasteiger partial charge in [0.15, 0.2) is 18.9 Å². The third-order valence-electron chi connectivity index (χ3n) is 9.19. The van der Waals surface area contributed by atoms with Gasteiger partial charge in [-0.05, 0) is 23.0 Å². The normalized spacial score (nSPS) is 37.0. The summed E-state index contributed by atoms with van der Waals surface area (Å²) in [5.74, 6) is -4.51. The third kappa shape index (κ3) is 11.2. The molecule has 3 aliphatic rings. The van der Waals surface area contributed by atoms with Crippen LogP contribution in [0.5, 0.6) is 0 Å². The number of aliphatic carboxylic acids is 1. The average Bonchev–Trinajstić information content (AvgIpc) is 3.11. The molecule has 0 aliphatic carbocycles. The minimum atomic E-state index is -5.62. The van der Waals surface area contributed by atoms with E-state index in [1.54, 1.807) is 37.3 Å². The van der Waals surface area contributed by atoms with Crippen LogP contribution in [0.2, 0.25) is 0 Å². The van der Waals surface area contributed by atoms with Crippen molar-refractivity contribution < 1.29 is 82.1 Å². The van der Waals surface area contributed by atoms with E-state index in [-0.39, 0.29) is 13.0 Å². The van der Waals surface area contributed by atoms with Crippen LogP contribution in [-0.2, 0) is 78.5 Å². The monoisotopic (exact) mass is 823 g/mol. The number of nitrogens with zero attached hydrogens (tertiary/aromatic N) is 6. The van der Waals surface area contributed by atoms with Crippen molar-refractivity contribution in [3.63, 3.8) is 0 Å². The summed E-state index contributed by atoms with van der Waals surface area (Å²) >= 11 is 0. The second-order valence-electron chi connectivity index (χ2n) is 12.5. The zero-order valence-electron chi connectivity index (χ0n) is 29.8. The molecule has 308 valence electrons. The van der Waals surface area contributed by atoms with Gasteiger partial charge >= 0.3 is 0 Å². The van der Waals surface area contributed by atoms with Crippen LogP contribution in [0.15, 0.2) is 40.6 Å². The number of carboxylic acids is 1. The summed E-state index contributed by atoms with van der Waals surface area (Å²) in [5.41, 5.74) is 19.4. The zero-order chi connectivity index (χ0) is 40.7. The highest BCUT2D eigenvalue weighted by atomic mass is 32.3. The zero-order valence-corrected chi connectivity index (χ0v) is 31.4. The summed E-state index contributed by atoms with van der Waals surface area (Å²) in [4.78, 5) is 18.3. The van der Waals surface area contributed by atoms with Crippen LogP contribution in [0, 0.1) is 11.8 Å². The van der Waals surface area contributed by atoms with Crippen LogP contribution in [0.3, 0.4) is 0 Å². The number of hydrogen-bond donors (Lipinski definition) is 0. The van der Waals surface area contributed by atoms with Crippen LogP contribution in [-0.4, -0.2) is 126 Å². The highest BCUT2D eigenvalue weighted by Crippen LogP contribution is 2.40. The molecule has 0 amide bonds. The molecule has 0 aromatic heterocycles. The summed E-state index contributed by atoms with van der Waals surface area (Å²) in [6, 6.07) is 6.10. The quantitative estimate of drug-likeness (QED) is 0.0668. The first-order chi connectivity index (χ1) is 26.0. The molecule has 24 nitrogen and oxygen atoms in total. The molecule has 3 fully saturated rings. The third-order valence-corrected chi connectivity index (χ3v) is 10.1. The molecule has 8 unspecified atom stereocenters. The molecule has 3 aliphatic heterocycles. The summed E-state index contributed by atoms with van der Waals surface area (Å²) in [7, 11) is -8.65. The van der Waals surface area contributed by atoms with Crippen molar-refractivity contribution in [1.82, 2.24) is 0 Å². The number of rotatable bonds is 17. The number of azide groups is 2. The Kier molecular flexibility index (Phi) is 15.6. The van der Waals surface area contributed by atoms with E-state index in [0.29, 0.717) is 5.56 Å². The van der Waals surface area contributed by atoms with Crippen LogP contribution < -0.4 is 5.11 Å². The number of methoxy groups -OCH3 is 2. The number of hydrogen-bond acceptors (Lipinski definition) is 20. The standard InChI is InChI=1S/C29H42N6O18S2/c1-6-16-22(23(18(33-35-31)26(45-5)47-16)46-12-15-10-8-7-9-11-15)49-28-21(52-54(38,39)40)14(3)19(24(50-28)25(36)37)48-27-17(32-34-30)13(2)20(44-4)29(51-27)53-55(41,42)43/h7-11,13-14,16-24,26-29H,6,12H2,1-5H3,(H,36,37)(H,38,39,40)(H,41,42,43)/p-3/t13-,14?,16?,17+,18+,19+,20?,21?,22?,23+,24-,26?,27?,28-,29?/m1/s1. The number of carbonyl (C=O) groups is 1. The molecule has 3 saturated heterocycles. The summed E-state index contributed by atoms with van der Waals surface area (Å²) < 4.78 is 126. The molecule has 55 heavy (non-hydrogen) atoms. The second-order valence-corrected chi connectivity index (χ2v) is 14.6. The lowest BCUT2D eigenvalue weighted by Crippen LogP contribution is -2.66. The van der Waals surface area contributed by atoms with Crippen LogP contribution in [0.25, 0.3) is 20.9 Å². The molecular weight excluding hydrogens is 784 g/mol. The first-order valence-electron chi connectivity index (χ1n) is 16.5. The van der Waals surface area contributed by atoms with Gasteiger partial charge < -0.3 is 56.9 Å². The fourth-order valence-corrected chi connectivity index (χ4v) is 7.56. The van der Waals surface area contributed by atoms with Crippen molar-refractivity contribution in [2.45, 2.75) is 114 Å². The van der Waals surface area contributed by atoms with E-state index in [1.807, 2.05) is 0 Å². The van der Waals surface area contributed by atoms with Gasteiger partial charge in [0, 0.05) is 35.9 Å². The summed E-state index contributed by atoms with van der Waals surface area (Å²) in [6.45, 7) is 4.19. The van der Waals surface area contributed by atoms with Crippen molar-refractivity contribution in [1.29, 1.82) is 0 Å². The lowest BCUT2D eigenvalue weighted by atomic mass is 9.88. The van der Waals surface area contributed by atoms with Crippen LogP contribution in [0.4, 0.5) is 0 Å². The Hall–Kier alpha value is -3.27. The maximum Gasteiger partial charge on any atom is 0.220 e. The van der Waals surface area contributed by atoms with Gasteiger partial charge in [-0.15, -0.1) is 0 Å². The van der Waals surface area contributed by atoms with Gasteiger partial charge in [-0.25, -0.2) is 21.0 Å². The fraction of sp³-hybridized carbons (Fsp3) is 0.759. The Morgan fingerprint density at radius 2 is 1.38 bits per heavy atom. The highest BCUT2D eigenvalue weighted by Gasteiger charge is 2.55. The molecule has 15 atom stereocenters. The molecule has 0 bridgehead atoms. The van der Waals surface area contributed by atoms with Crippen molar-refractivity contribution in [2.75, 3.05) is 14.2 Å². The SMILES string of the molecule is CCC1OC(OC)[C@@H](N=[N+]=[N-])[C@H](OCc2ccccc2)C1O[C@@H]1O[C@@H](C(=O)[O-])[C@@H](OC2OC(OS(=O)(=O)[O-])C(OC)[C@H](C)[C@@H]2N=[N+]=[N-])C(C)C1OS(=O)(=O)[O-]. The van der Waals surface area contributed by atoms with Gasteiger partial charge in [0.2, 0.25) is 27.1 Å². The van der Waals surface area contributed by atoms with Gasteiger partial charge in [-0.3, -0.25) is 4.18 Å². The molecule has 0 spiro atoms. The number of ether oxygens (including phenoxy) is 8. The minimum Gasteiger partial charge on any atom is -0.726 e. The van der Waals surface area contributed by atoms with E-state index < -0.39 is 119 Å². The van der Waals surface area contributed by atoms with E-state index in [1.165, 1.54) is 21.0 Å². The van der Waals surface area contributed by atoms with E-state index in [4.69, 9.17) is 42.1 Å². The first-order valence-corrected chi connectivity index (χ1v) is 19.2. The number of carbonyl (C=O) groups excluding carboxylic acids is 1. The molecule has 3 heterocycles. The number of carboxylic acid groups (broad SMARTS) is 1. The topological polar surface area (TPSA) is 344 Å². The predicted molar refractivity (Wildman–Crippen MR) is 173 cm³/mol. The maximum atomic E-state index is 12.7. The fourth-order valence-electron chi connectivity index (χ4n) is 6.63. The van der Waals surface area contributed by atoms with Crippen molar-refractivity contribution >= 4 is 26.8 Å². The van der Waals surface area contributed by atoms with Crippen molar-refractivity contribution in [2.24, 2.45) is 22.1 Å². The van der Waals surface area contributed by atoms with Gasteiger partial charge in [0.1, 0.15) is 36.6 Å². The summed E-state index contributed by atoms with van der Waals surface area (Å²) in [5, 5.41) is 20.0. The number of benzene rings is 1. The van der Waals surface area contributed by atoms with Crippen LogP contribution >= 0.6 is 0 Å². The largest absolute Gasteiger partial charge is 0.726 e. The molecule has 1 aromatic carbocycles. The molecule has 0 saturated carbocycles. The average molecular weight is 824 g/mol. The van der Waals surface area contributed by atoms with E-state index in [9.17, 15) is 46.9 Å². The Morgan fingerprint density at radius 3 is 1.93 bits per heavy atom. The van der Waals surface area contributed by atoms with E-state index in [2.05, 4.69) is 24.2 Å². The lowest BCUT2D eigenvalue weighted by molar-refractivity contribution is -0.377. The van der Waals surface area contributed by atoms with Gasteiger partial charge in [-0.2, -0.15) is 0 Å². The maximum absolute atomic E-state index is 12.7. The van der Waals surface area contributed by atoms with E-state index >= 15 is 0 Å². The van der Waals surface area contributed by atoms with Crippen molar-refractivity contribution in [3.05, 3.63) is 56.8 Å². The first kappa shape index (κ1) is 44.4. The van der Waals surface area contributed by atoms with E-state index in [0.717, 1.165) is 7.11 Å². The Balaban J connectivity index is 1.73. The lowest BCUT2D eigenvalue weighted by Gasteiger charge is -2.50. The highest BCUT2D eigenvalue weighted by molar-refractivity contribution is 7.81. The molecular formula is C29H39N6O18S2-3. The van der Waals surface area contributed by atoms with Crippen molar-refractivity contribution in [3.8, 4) is 0 Å². The van der Waals surface area contributed by atoms with Gasteiger partial charge in [0.05, 0.1) is 30.8 Å². The van der Waals surface area contributed by atoms with Gasteiger partial charge in [0.25, 0.3) is 0 Å². The van der Waals surface area contributed by atoms with Crippen LogP contribution in [0.1, 0.15) is 32.8 Å².